The van der Waals surface area contributed by atoms with Crippen molar-refractivity contribution in [3.8, 4) is 5.75 Å². The number of carbonyl (C=O) groups is 1. The molecule has 4 aromatic rings. The fourth-order valence-electron chi connectivity index (χ4n) is 2.76. The van der Waals surface area contributed by atoms with E-state index in [0.717, 1.165) is 4.88 Å². The number of para-hydroxylation sites is 2. The predicted molar refractivity (Wildman–Crippen MR) is 109 cm³/mol. The lowest BCUT2D eigenvalue weighted by atomic mass is 10.2. The molecule has 0 aliphatic heterocycles. The van der Waals surface area contributed by atoms with Gasteiger partial charge < -0.3 is 10.1 Å². The number of hydrogen-bond donors (Lipinski definition) is 1. The van der Waals surface area contributed by atoms with E-state index in [4.69, 9.17) is 4.74 Å². The number of ether oxygens (including phenoxy) is 1. The van der Waals surface area contributed by atoms with Gasteiger partial charge in [-0.15, -0.1) is 11.3 Å². The molecule has 6 nitrogen and oxygen atoms in total. The summed E-state index contributed by atoms with van der Waals surface area (Å²) in [6.07, 6.45) is 1.77. The topological polar surface area (TPSA) is 72.7 Å². The quantitative estimate of drug-likeness (QED) is 0.560. The van der Waals surface area contributed by atoms with Crippen molar-refractivity contribution in [2.24, 2.45) is 0 Å². The Morgan fingerprint density at radius 3 is 2.71 bits per heavy atom. The molecule has 7 heteroatoms. The molecule has 0 atom stereocenters. The number of nitrogens with one attached hydrogen (secondary N) is 1. The van der Waals surface area contributed by atoms with Crippen molar-refractivity contribution in [1.82, 2.24) is 9.38 Å². The Morgan fingerprint density at radius 1 is 1.14 bits per heavy atom. The summed E-state index contributed by atoms with van der Waals surface area (Å²) >= 11 is 1.45. The van der Waals surface area contributed by atoms with Crippen LogP contribution in [0.15, 0.2) is 71.7 Å². The van der Waals surface area contributed by atoms with Crippen molar-refractivity contribution in [2.45, 2.75) is 13.5 Å². The maximum atomic E-state index is 12.4. The average molecular weight is 391 g/mol. The lowest BCUT2D eigenvalue weighted by molar-refractivity contribution is 0.102. The van der Waals surface area contributed by atoms with E-state index in [9.17, 15) is 9.59 Å². The largest absolute Gasteiger partial charge is 0.485 e. The molecular weight excluding hydrogens is 374 g/mol. The maximum Gasteiger partial charge on any atom is 0.258 e. The van der Waals surface area contributed by atoms with E-state index >= 15 is 0 Å². The highest BCUT2D eigenvalue weighted by molar-refractivity contribution is 7.16. The zero-order valence-electron chi connectivity index (χ0n) is 15.1. The first-order valence-corrected chi connectivity index (χ1v) is 9.49. The van der Waals surface area contributed by atoms with Crippen LogP contribution in [0.25, 0.3) is 4.96 Å². The van der Waals surface area contributed by atoms with Crippen LogP contribution in [0.1, 0.15) is 20.9 Å². The van der Waals surface area contributed by atoms with Crippen LogP contribution in [0, 0.1) is 6.92 Å². The van der Waals surface area contributed by atoms with E-state index in [2.05, 4.69) is 10.3 Å². The fourth-order valence-corrected chi connectivity index (χ4v) is 3.61. The molecule has 140 valence electrons. The molecule has 2 aromatic heterocycles. The second-order valence-corrected chi connectivity index (χ2v) is 7.40. The molecule has 0 aliphatic rings. The average Bonchev–Trinajstić information content (AvgIpc) is 3.09. The molecule has 0 fully saturated rings. The van der Waals surface area contributed by atoms with Crippen LogP contribution < -0.4 is 15.6 Å². The highest BCUT2D eigenvalue weighted by Gasteiger charge is 2.11. The van der Waals surface area contributed by atoms with Crippen molar-refractivity contribution in [3.63, 3.8) is 0 Å². The molecule has 0 radical (unpaired) electrons. The van der Waals surface area contributed by atoms with Gasteiger partial charge in [-0.2, -0.15) is 0 Å². The molecule has 4 rings (SSSR count). The second kappa shape index (κ2) is 7.66. The Balaban J connectivity index is 1.53. The number of rotatable bonds is 5. The number of anilines is 1. The Hall–Kier alpha value is -3.45. The SMILES string of the molecule is Cc1cn2c(=O)cc(COc3ccccc3NC(=O)c3ccccc3)nc2s1. The van der Waals surface area contributed by atoms with Crippen LogP contribution in [0.3, 0.4) is 0 Å². The van der Waals surface area contributed by atoms with Crippen molar-refractivity contribution >= 4 is 27.9 Å². The number of amides is 1. The summed E-state index contributed by atoms with van der Waals surface area (Å²) < 4.78 is 7.38. The summed E-state index contributed by atoms with van der Waals surface area (Å²) in [7, 11) is 0. The molecule has 28 heavy (non-hydrogen) atoms. The van der Waals surface area contributed by atoms with Gasteiger partial charge in [0.05, 0.1) is 11.4 Å². The van der Waals surface area contributed by atoms with Crippen LogP contribution in [-0.2, 0) is 6.61 Å². The molecule has 0 spiro atoms. The first-order chi connectivity index (χ1) is 13.6. The fraction of sp³-hybridized carbons (Fsp3) is 0.0952. The number of benzene rings is 2. The number of aryl methyl sites for hydroxylation is 1. The smallest absolute Gasteiger partial charge is 0.258 e. The molecule has 1 amide bonds. The summed E-state index contributed by atoms with van der Waals surface area (Å²) in [5, 5.41) is 2.86. The number of carbonyl (C=O) groups excluding carboxylic acids is 1. The van der Waals surface area contributed by atoms with E-state index in [1.165, 1.54) is 21.8 Å². The number of fused-ring (bicyclic) bond motifs is 1. The molecule has 0 aliphatic carbocycles. The van der Waals surface area contributed by atoms with Crippen molar-refractivity contribution in [2.75, 3.05) is 5.32 Å². The van der Waals surface area contributed by atoms with Crippen LogP contribution in [0.2, 0.25) is 0 Å². The van der Waals surface area contributed by atoms with Gasteiger partial charge in [-0.05, 0) is 31.2 Å². The molecule has 1 N–H and O–H groups in total. The lowest BCUT2D eigenvalue weighted by Crippen LogP contribution is -2.15. The molecule has 0 bridgehead atoms. The molecule has 2 aromatic carbocycles. The van der Waals surface area contributed by atoms with Crippen molar-refractivity contribution in [1.29, 1.82) is 0 Å². The second-order valence-electron chi connectivity index (χ2n) is 6.19. The van der Waals surface area contributed by atoms with Gasteiger partial charge in [0.25, 0.3) is 11.5 Å². The number of thiazole rings is 1. The Morgan fingerprint density at radius 2 is 1.89 bits per heavy atom. The Kier molecular flexibility index (Phi) is 4.90. The zero-order valence-corrected chi connectivity index (χ0v) is 15.9. The van der Waals surface area contributed by atoms with Crippen molar-refractivity contribution in [3.05, 3.63) is 93.3 Å². The van der Waals surface area contributed by atoms with Crippen LogP contribution in [0.4, 0.5) is 5.69 Å². The van der Waals surface area contributed by atoms with E-state index in [-0.39, 0.29) is 18.1 Å². The van der Waals surface area contributed by atoms with E-state index in [1.54, 1.807) is 30.5 Å². The zero-order chi connectivity index (χ0) is 19.5. The first kappa shape index (κ1) is 17.9. The first-order valence-electron chi connectivity index (χ1n) is 8.67. The summed E-state index contributed by atoms with van der Waals surface area (Å²) in [6, 6.07) is 17.6. The van der Waals surface area contributed by atoms with Gasteiger partial charge in [-0.25, -0.2) is 4.98 Å². The van der Waals surface area contributed by atoms with Gasteiger partial charge in [-0.1, -0.05) is 30.3 Å². The lowest BCUT2D eigenvalue weighted by Gasteiger charge is -2.12. The van der Waals surface area contributed by atoms with E-state index in [0.29, 0.717) is 27.7 Å². The number of hydrogen-bond acceptors (Lipinski definition) is 5. The van der Waals surface area contributed by atoms with Gasteiger partial charge >= 0.3 is 0 Å². The minimum Gasteiger partial charge on any atom is -0.485 e. The normalized spacial score (nSPS) is 10.8. The highest BCUT2D eigenvalue weighted by atomic mass is 32.1. The van der Waals surface area contributed by atoms with Gasteiger partial charge in [0.2, 0.25) is 0 Å². The van der Waals surface area contributed by atoms with Gasteiger partial charge in [0.1, 0.15) is 12.4 Å². The van der Waals surface area contributed by atoms with Crippen LogP contribution in [-0.4, -0.2) is 15.3 Å². The summed E-state index contributed by atoms with van der Waals surface area (Å²) in [5.41, 5.74) is 1.52. The molecule has 2 heterocycles. The standard InChI is InChI=1S/C21H17N3O3S/c1-14-12-24-19(25)11-16(22-21(24)28-14)13-27-18-10-6-5-9-17(18)23-20(26)15-7-3-2-4-8-15/h2-12H,13H2,1H3,(H,23,26). The number of nitrogens with zero attached hydrogens (tertiary/aromatic N) is 2. The summed E-state index contributed by atoms with van der Waals surface area (Å²) in [5.74, 6) is 0.291. The van der Waals surface area contributed by atoms with Crippen molar-refractivity contribution < 1.29 is 9.53 Å². The summed E-state index contributed by atoms with van der Waals surface area (Å²) in [4.78, 5) is 30.7. The minimum atomic E-state index is -0.219. The van der Waals surface area contributed by atoms with E-state index < -0.39 is 0 Å². The van der Waals surface area contributed by atoms with Gasteiger partial charge in [-0.3, -0.25) is 14.0 Å². The monoisotopic (exact) mass is 391 g/mol. The maximum absolute atomic E-state index is 12.4. The molecular formula is C21H17N3O3S. The highest BCUT2D eigenvalue weighted by Crippen LogP contribution is 2.25. The van der Waals surface area contributed by atoms with Gasteiger partial charge in [0, 0.05) is 22.7 Å². The Labute approximate surface area is 165 Å². The van der Waals surface area contributed by atoms with E-state index in [1.807, 2.05) is 37.3 Å². The summed E-state index contributed by atoms with van der Waals surface area (Å²) in [6.45, 7) is 2.06. The number of aromatic nitrogens is 2. The molecule has 0 saturated carbocycles. The molecule has 0 unspecified atom stereocenters. The van der Waals surface area contributed by atoms with Crippen LogP contribution in [0.5, 0.6) is 5.75 Å². The third-order valence-electron chi connectivity index (χ3n) is 4.08. The minimum absolute atomic E-state index is 0.126. The van der Waals surface area contributed by atoms with Gasteiger partial charge in [0.15, 0.2) is 4.96 Å². The predicted octanol–water partition coefficient (Wildman–Crippen LogP) is 3.90. The van der Waals surface area contributed by atoms with Crippen LogP contribution >= 0.6 is 11.3 Å². The third-order valence-corrected chi connectivity index (χ3v) is 4.98. The molecule has 0 saturated heterocycles. The Bertz CT molecular complexity index is 1200. The third kappa shape index (κ3) is 3.79.